The van der Waals surface area contributed by atoms with Gasteiger partial charge in [-0.3, -0.25) is 4.79 Å². The lowest BCUT2D eigenvalue weighted by Crippen LogP contribution is -2.51. The summed E-state index contributed by atoms with van der Waals surface area (Å²) in [5.74, 6) is -0.116. The van der Waals surface area contributed by atoms with Crippen LogP contribution in [0.25, 0.3) is 10.9 Å². The first kappa shape index (κ1) is 30.7. The number of nitrogens with one attached hydrogen (secondary N) is 2. The molecule has 4 aromatic rings. The Morgan fingerprint density at radius 1 is 0.929 bits per heavy atom. The average Bonchev–Trinajstić information content (AvgIpc) is 3.36. The quantitative estimate of drug-likeness (QED) is 0.112. The number of H-pyrrole nitrogens is 1. The monoisotopic (exact) mass is 571 g/mol. The number of aromatic amines is 1. The van der Waals surface area contributed by atoms with E-state index in [0.29, 0.717) is 26.0 Å². The van der Waals surface area contributed by atoms with Gasteiger partial charge in [0, 0.05) is 29.7 Å². The first-order valence-electron chi connectivity index (χ1n) is 14.5. The van der Waals surface area contributed by atoms with Crippen LogP contribution in [0.2, 0.25) is 0 Å². The average molecular weight is 572 g/mol. The van der Waals surface area contributed by atoms with Gasteiger partial charge in [-0.25, -0.2) is 15.2 Å². The zero-order chi connectivity index (χ0) is 30.0. The van der Waals surface area contributed by atoms with E-state index in [1.54, 1.807) is 0 Å². The molecular formula is C34H41N3O5. The summed E-state index contributed by atoms with van der Waals surface area (Å²) in [5, 5.41) is 12.1. The van der Waals surface area contributed by atoms with Gasteiger partial charge in [0.1, 0.15) is 18.0 Å². The standard InChI is InChI=1S/C34H41N3O5/c1-34(2,3)42-33(40)37(36-28(22-32(38)39)21-27-23-35-31-15-8-7-14-30(27)31)20-10-9-11-25-16-18-29(19-17-25)41-24-26-12-5-4-6-13-26/h4-8,12-19,23,28,35-36H,9-11,20-22,24H2,1-3H3,(H,38,39)/t28-/m0/s1. The van der Waals surface area contributed by atoms with Gasteiger partial charge >= 0.3 is 12.1 Å². The second-order valence-corrected chi connectivity index (χ2v) is 11.5. The molecule has 0 spiro atoms. The number of hydrogen-bond donors (Lipinski definition) is 3. The Labute approximate surface area is 247 Å². The van der Waals surface area contributed by atoms with Gasteiger partial charge in [0.05, 0.1) is 6.42 Å². The molecule has 0 aliphatic heterocycles. The minimum atomic E-state index is -0.937. The van der Waals surface area contributed by atoms with E-state index in [0.717, 1.165) is 40.6 Å². The number of fused-ring (bicyclic) bond motifs is 1. The molecule has 0 radical (unpaired) electrons. The van der Waals surface area contributed by atoms with Crippen molar-refractivity contribution >= 4 is 23.0 Å². The molecule has 0 saturated heterocycles. The lowest BCUT2D eigenvalue weighted by Gasteiger charge is -2.31. The highest BCUT2D eigenvalue weighted by molar-refractivity contribution is 5.83. The number of carbonyl (C=O) groups excluding carboxylic acids is 1. The lowest BCUT2D eigenvalue weighted by atomic mass is 10.0. The van der Waals surface area contributed by atoms with E-state index in [9.17, 15) is 14.7 Å². The van der Waals surface area contributed by atoms with Crippen LogP contribution in [-0.2, 0) is 29.0 Å². The molecule has 0 saturated carbocycles. The second-order valence-electron chi connectivity index (χ2n) is 11.5. The SMILES string of the molecule is CC(C)(C)OC(=O)N(CCCCc1ccc(OCc2ccccc2)cc1)N[C@H](CC(=O)O)Cc1c[nH]c2ccccc12. The highest BCUT2D eigenvalue weighted by atomic mass is 16.6. The Morgan fingerprint density at radius 2 is 1.64 bits per heavy atom. The second kappa shape index (κ2) is 14.5. The summed E-state index contributed by atoms with van der Waals surface area (Å²) in [6.45, 7) is 6.36. The van der Waals surface area contributed by atoms with Gasteiger partial charge in [0.15, 0.2) is 0 Å². The van der Waals surface area contributed by atoms with E-state index in [1.807, 2.05) is 93.7 Å². The number of ether oxygens (including phenoxy) is 2. The zero-order valence-corrected chi connectivity index (χ0v) is 24.6. The molecule has 0 unspecified atom stereocenters. The fourth-order valence-electron chi connectivity index (χ4n) is 4.78. The molecule has 0 fully saturated rings. The zero-order valence-electron chi connectivity index (χ0n) is 24.6. The highest BCUT2D eigenvalue weighted by Crippen LogP contribution is 2.21. The van der Waals surface area contributed by atoms with Crippen LogP contribution in [-0.4, -0.2) is 45.3 Å². The molecule has 0 bridgehead atoms. The predicted molar refractivity (Wildman–Crippen MR) is 164 cm³/mol. The molecule has 1 amide bonds. The van der Waals surface area contributed by atoms with Gasteiger partial charge < -0.3 is 19.6 Å². The van der Waals surface area contributed by atoms with Crippen LogP contribution in [0.3, 0.4) is 0 Å². The summed E-state index contributed by atoms with van der Waals surface area (Å²) in [4.78, 5) is 28.1. The Morgan fingerprint density at radius 3 is 2.36 bits per heavy atom. The minimum absolute atomic E-state index is 0.141. The minimum Gasteiger partial charge on any atom is -0.489 e. The number of hydrazine groups is 1. The van der Waals surface area contributed by atoms with Crippen molar-refractivity contribution < 1.29 is 24.2 Å². The van der Waals surface area contributed by atoms with Crippen LogP contribution in [0.1, 0.15) is 56.7 Å². The summed E-state index contributed by atoms with van der Waals surface area (Å²) in [5.41, 5.74) is 6.79. The topological polar surface area (TPSA) is 104 Å². The molecular weight excluding hydrogens is 530 g/mol. The summed E-state index contributed by atoms with van der Waals surface area (Å²) >= 11 is 0. The number of carboxylic acids is 1. The highest BCUT2D eigenvalue weighted by Gasteiger charge is 2.26. The third-order valence-corrected chi connectivity index (χ3v) is 6.78. The summed E-state index contributed by atoms with van der Waals surface area (Å²) in [6, 6.07) is 25.5. The number of aryl methyl sites for hydroxylation is 1. The molecule has 3 N–H and O–H groups in total. The van der Waals surface area contributed by atoms with E-state index < -0.39 is 23.7 Å². The number of hydrogen-bond acceptors (Lipinski definition) is 5. The molecule has 0 aliphatic rings. The van der Waals surface area contributed by atoms with E-state index in [1.165, 1.54) is 10.6 Å². The van der Waals surface area contributed by atoms with E-state index in [2.05, 4.69) is 22.5 Å². The molecule has 3 aromatic carbocycles. The van der Waals surface area contributed by atoms with Crippen LogP contribution in [0.4, 0.5) is 4.79 Å². The first-order chi connectivity index (χ1) is 20.2. The van der Waals surface area contributed by atoms with Crippen LogP contribution in [0.5, 0.6) is 5.75 Å². The Balaban J connectivity index is 1.34. The van der Waals surface area contributed by atoms with E-state index in [-0.39, 0.29) is 6.42 Å². The van der Waals surface area contributed by atoms with Crippen molar-refractivity contribution in [3.63, 3.8) is 0 Å². The van der Waals surface area contributed by atoms with E-state index in [4.69, 9.17) is 9.47 Å². The number of aliphatic carboxylic acids is 1. The van der Waals surface area contributed by atoms with Crippen molar-refractivity contribution in [1.29, 1.82) is 0 Å². The van der Waals surface area contributed by atoms with Crippen molar-refractivity contribution in [2.45, 2.75) is 71.1 Å². The van der Waals surface area contributed by atoms with E-state index >= 15 is 0 Å². The molecule has 1 atom stereocenters. The number of benzene rings is 3. The van der Waals surface area contributed by atoms with Crippen LogP contribution >= 0.6 is 0 Å². The first-order valence-corrected chi connectivity index (χ1v) is 14.5. The van der Waals surface area contributed by atoms with Gasteiger partial charge in [-0.05, 0) is 81.3 Å². The molecule has 0 aliphatic carbocycles. The van der Waals surface area contributed by atoms with Crippen molar-refractivity contribution in [2.75, 3.05) is 6.54 Å². The number of rotatable bonds is 14. The van der Waals surface area contributed by atoms with Crippen LogP contribution in [0, 0.1) is 0 Å². The maximum atomic E-state index is 13.1. The number of carbonyl (C=O) groups is 2. The van der Waals surface area contributed by atoms with Crippen LogP contribution in [0.15, 0.2) is 85.1 Å². The normalized spacial score (nSPS) is 12.2. The van der Waals surface area contributed by atoms with Gasteiger partial charge in [-0.2, -0.15) is 0 Å². The molecule has 1 heterocycles. The maximum Gasteiger partial charge on any atom is 0.424 e. The fourth-order valence-corrected chi connectivity index (χ4v) is 4.78. The number of para-hydroxylation sites is 1. The van der Waals surface area contributed by atoms with Crippen molar-refractivity contribution in [3.8, 4) is 5.75 Å². The number of carboxylic acid groups (broad SMARTS) is 1. The summed E-state index contributed by atoms with van der Waals surface area (Å²) in [6.07, 6.45) is 4.08. The van der Waals surface area contributed by atoms with Crippen LogP contribution < -0.4 is 10.2 Å². The van der Waals surface area contributed by atoms with Gasteiger partial charge in [-0.15, -0.1) is 0 Å². The largest absolute Gasteiger partial charge is 0.489 e. The Hall–Kier alpha value is -4.30. The summed E-state index contributed by atoms with van der Waals surface area (Å²) in [7, 11) is 0. The van der Waals surface area contributed by atoms with Gasteiger partial charge in [-0.1, -0.05) is 60.7 Å². The number of amides is 1. The summed E-state index contributed by atoms with van der Waals surface area (Å²) < 4.78 is 11.5. The van der Waals surface area contributed by atoms with Crippen molar-refractivity contribution in [2.24, 2.45) is 0 Å². The molecule has 8 nitrogen and oxygen atoms in total. The molecule has 222 valence electrons. The van der Waals surface area contributed by atoms with Gasteiger partial charge in [0.25, 0.3) is 0 Å². The number of aromatic nitrogens is 1. The Bertz CT molecular complexity index is 1430. The Kier molecular flexibility index (Phi) is 10.6. The van der Waals surface area contributed by atoms with Crippen molar-refractivity contribution in [3.05, 3.63) is 102 Å². The van der Waals surface area contributed by atoms with Gasteiger partial charge in [0.2, 0.25) is 0 Å². The fraction of sp³-hybridized carbons (Fsp3) is 0.353. The number of unbranched alkanes of at least 4 members (excludes halogenated alkanes) is 1. The molecule has 42 heavy (non-hydrogen) atoms. The third-order valence-electron chi connectivity index (χ3n) is 6.78. The smallest absolute Gasteiger partial charge is 0.424 e. The van der Waals surface area contributed by atoms with Crippen molar-refractivity contribution in [1.82, 2.24) is 15.4 Å². The third kappa shape index (κ3) is 9.66. The lowest BCUT2D eigenvalue weighted by molar-refractivity contribution is -0.138. The predicted octanol–water partition coefficient (Wildman–Crippen LogP) is 6.90. The number of nitrogens with zero attached hydrogens (tertiary/aromatic N) is 1. The molecule has 1 aromatic heterocycles. The molecule has 8 heteroatoms. The molecule has 4 rings (SSSR count). The maximum absolute atomic E-state index is 13.1.